The van der Waals surface area contributed by atoms with Crippen molar-refractivity contribution in [2.45, 2.75) is 38.1 Å². The lowest BCUT2D eigenvalue weighted by atomic mass is 9.98. The molecule has 1 N–H and O–H groups in total. The summed E-state index contributed by atoms with van der Waals surface area (Å²) in [4.78, 5) is 19.0. The number of anilines is 1. The van der Waals surface area contributed by atoms with Crippen molar-refractivity contribution < 1.29 is 4.79 Å². The van der Waals surface area contributed by atoms with Crippen LogP contribution in [-0.2, 0) is 4.79 Å². The molecule has 0 spiro atoms. The van der Waals surface area contributed by atoms with Crippen molar-refractivity contribution in [1.29, 1.82) is 0 Å². The first-order valence-corrected chi connectivity index (χ1v) is 8.08. The maximum Gasteiger partial charge on any atom is 0.224 e. The van der Waals surface area contributed by atoms with Gasteiger partial charge in [0.2, 0.25) is 5.91 Å². The van der Waals surface area contributed by atoms with Gasteiger partial charge in [0, 0.05) is 24.0 Å². The van der Waals surface area contributed by atoms with Crippen LogP contribution in [0.15, 0.2) is 36.5 Å². The van der Waals surface area contributed by atoms with Crippen LogP contribution < -0.4 is 5.32 Å². The minimum Gasteiger partial charge on any atom is -0.324 e. The van der Waals surface area contributed by atoms with Crippen molar-refractivity contribution in [3.05, 3.63) is 36.5 Å². The van der Waals surface area contributed by atoms with Gasteiger partial charge < -0.3 is 10.2 Å². The first-order valence-electron chi connectivity index (χ1n) is 8.08. The van der Waals surface area contributed by atoms with E-state index in [-0.39, 0.29) is 5.91 Å². The van der Waals surface area contributed by atoms with E-state index in [9.17, 15) is 4.79 Å². The monoisotopic (exact) mass is 297 g/mol. The number of rotatable bonds is 4. The van der Waals surface area contributed by atoms with Gasteiger partial charge in [-0.25, -0.2) is 0 Å². The number of hydrogen-bond acceptors (Lipinski definition) is 3. The van der Waals surface area contributed by atoms with Gasteiger partial charge in [0.05, 0.1) is 11.2 Å². The Morgan fingerprint density at radius 2 is 2.18 bits per heavy atom. The number of nitrogens with one attached hydrogen (secondary N) is 1. The average Bonchev–Trinajstić information content (AvgIpc) is 2.54. The van der Waals surface area contributed by atoms with Gasteiger partial charge in [-0.2, -0.15) is 0 Å². The van der Waals surface area contributed by atoms with Crippen LogP contribution in [0, 0.1) is 0 Å². The molecular weight excluding hydrogens is 274 g/mol. The first kappa shape index (κ1) is 15.0. The molecule has 0 saturated carbocycles. The maximum absolute atomic E-state index is 12.2. The van der Waals surface area contributed by atoms with Crippen LogP contribution in [0.5, 0.6) is 0 Å². The van der Waals surface area contributed by atoms with Crippen LogP contribution in [0.2, 0.25) is 0 Å². The summed E-state index contributed by atoms with van der Waals surface area (Å²) in [6.45, 7) is 1.15. The Bertz CT molecular complexity index is 650. The SMILES string of the molecule is CN1CCCCC1CCC(=O)Nc1cccc2cccnc12. The normalized spacial score (nSPS) is 19.2. The molecule has 1 atom stereocenters. The van der Waals surface area contributed by atoms with E-state index in [1.165, 1.54) is 19.3 Å². The summed E-state index contributed by atoms with van der Waals surface area (Å²) in [5, 5.41) is 4.07. The molecule has 0 bridgehead atoms. The van der Waals surface area contributed by atoms with E-state index in [4.69, 9.17) is 0 Å². The number of piperidine rings is 1. The van der Waals surface area contributed by atoms with Crippen molar-refractivity contribution in [1.82, 2.24) is 9.88 Å². The summed E-state index contributed by atoms with van der Waals surface area (Å²) >= 11 is 0. The van der Waals surface area contributed by atoms with Crippen molar-refractivity contribution >= 4 is 22.5 Å². The molecule has 4 heteroatoms. The largest absolute Gasteiger partial charge is 0.324 e. The molecule has 4 nitrogen and oxygen atoms in total. The Morgan fingerprint density at radius 3 is 3.05 bits per heavy atom. The Kier molecular flexibility index (Phi) is 4.68. The van der Waals surface area contributed by atoms with Gasteiger partial charge in [0.25, 0.3) is 0 Å². The lowest BCUT2D eigenvalue weighted by molar-refractivity contribution is -0.116. The summed E-state index contributed by atoms with van der Waals surface area (Å²) in [6.07, 6.45) is 7.03. The Balaban J connectivity index is 1.61. The molecule has 22 heavy (non-hydrogen) atoms. The molecule has 116 valence electrons. The fourth-order valence-electron chi connectivity index (χ4n) is 3.22. The molecule has 1 aliphatic heterocycles. The quantitative estimate of drug-likeness (QED) is 0.940. The highest BCUT2D eigenvalue weighted by atomic mass is 16.1. The zero-order chi connectivity index (χ0) is 15.4. The van der Waals surface area contributed by atoms with E-state index in [2.05, 4.69) is 22.2 Å². The van der Waals surface area contributed by atoms with Crippen LogP contribution in [0.3, 0.4) is 0 Å². The van der Waals surface area contributed by atoms with Crippen LogP contribution in [-0.4, -0.2) is 35.4 Å². The second kappa shape index (κ2) is 6.88. The summed E-state index contributed by atoms with van der Waals surface area (Å²) in [5.41, 5.74) is 1.66. The number of carbonyl (C=O) groups is 1. The molecule has 1 aromatic carbocycles. The minimum absolute atomic E-state index is 0.0807. The van der Waals surface area contributed by atoms with Gasteiger partial charge >= 0.3 is 0 Å². The average molecular weight is 297 g/mol. The summed E-state index contributed by atoms with van der Waals surface area (Å²) in [5.74, 6) is 0.0807. The maximum atomic E-state index is 12.2. The molecule has 3 rings (SSSR count). The number of benzene rings is 1. The number of amides is 1. The first-order chi connectivity index (χ1) is 10.7. The summed E-state index contributed by atoms with van der Waals surface area (Å²) in [7, 11) is 2.16. The highest BCUT2D eigenvalue weighted by molar-refractivity contribution is 6.00. The zero-order valence-corrected chi connectivity index (χ0v) is 13.1. The van der Waals surface area contributed by atoms with Gasteiger partial charge in [0.1, 0.15) is 0 Å². The lowest BCUT2D eigenvalue weighted by Gasteiger charge is -2.32. The summed E-state index contributed by atoms with van der Waals surface area (Å²) in [6, 6.07) is 10.3. The Morgan fingerprint density at radius 1 is 1.32 bits per heavy atom. The van der Waals surface area contributed by atoms with Crippen LogP contribution >= 0.6 is 0 Å². The number of likely N-dealkylation sites (tertiary alicyclic amines) is 1. The molecule has 2 heterocycles. The van der Waals surface area contributed by atoms with E-state index >= 15 is 0 Å². The standard InChI is InChI=1S/C18H23N3O/c1-21-13-3-2-8-15(21)10-11-17(22)20-16-9-4-6-14-7-5-12-19-18(14)16/h4-7,9,12,15H,2-3,8,10-11,13H2,1H3,(H,20,22). The third-order valence-electron chi connectivity index (χ3n) is 4.53. The fraction of sp³-hybridized carbons (Fsp3) is 0.444. The molecule has 1 amide bonds. The van der Waals surface area contributed by atoms with E-state index in [1.54, 1.807) is 6.20 Å². The molecular formula is C18H23N3O. The van der Waals surface area contributed by atoms with Crippen LogP contribution in [0.1, 0.15) is 32.1 Å². The third-order valence-corrected chi connectivity index (χ3v) is 4.53. The van der Waals surface area contributed by atoms with Gasteiger partial charge in [-0.05, 0) is 45.0 Å². The molecule has 1 fully saturated rings. The molecule has 1 unspecified atom stereocenters. The summed E-state index contributed by atoms with van der Waals surface area (Å²) < 4.78 is 0. The highest BCUT2D eigenvalue weighted by Crippen LogP contribution is 2.22. The smallest absolute Gasteiger partial charge is 0.224 e. The molecule has 1 aliphatic rings. The Labute approximate surface area is 131 Å². The number of aromatic nitrogens is 1. The van der Waals surface area contributed by atoms with Crippen LogP contribution in [0.4, 0.5) is 5.69 Å². The molecule has 0 aliphatic carbocycles. The van der Waals surface area contributed by atoms with E-state index in [0.29, 0.717) is 12.5 Å². The fourth-order valence-corrected chi connectivity index (χ4v) is 3.22. The van der Waals surface area contributed by atoms with E-state index in [0.717, 1.165) is 29.6 Å². The lowest BCUT2D eigenvalue weighted by Crippen LogP contribution is -2.36. The van der Waals surface area contributed by atoms with Gasteiger partial charge in [-0.15, -0.1) is 0 Å². The number of nitrogens with zero attached hydrogens (tertiary/aromatic N) is 2. The van der Waals surface area contributed by atoms with E-state index < -0.39 is 0 Å². The van der Waals surface area contributed by atoms with Gasteiger partial charge in [-0.3, -0.25) is 9.78 Å². The topological polar surface area (TPSA) is 45.2 Å². The van der Waals surface area contributed by atoms with E-state index in [1.807, 2.05) is 30.3 Å². The van der Waals surface area contributed by atoms with Crippen LogP contribution in [0.25, 0.3) is 10.9 Å². The van der Waals surface area contributed by atoms with Crippen molar-refractivity contribution in [2.24, 2.45) is 0 Å². The number of fused-ring (bicyclic) bond motifs is 1. The van der Waals surface area contributed by atoms with Gasteiger partial charge in [0.15, 0.2) is 0 Å². The number of carbonyl (C=O) groups excluding carboxylic acids is 1. The zero-order valence-electron chi connectivity index (χ0n) is 13.1. The molecule has 0 radical (unpaired) electrons. The Hall–Kier alpha value is -1.94. The van der Waals surface area contributed by atoms with Gasteiger partial charge in [-0.1, -0.05) is 24.6 Å². The molecule has 2 aromatic rings. The minimum atomic E-state index is 0.0807. The number of hydrogen-bond donors (Lipinski definition) is 1. The van der Waals surface area contributed by atoms with Crippen molar-refractivity contribution in [3.8, 4) is 0 Å². The predicted octanol–water partition coefficient (Wildman–Crippen LogP) is 3.44. The number of para-hydroxylation sites is 1. The van der Waals surface area contributed by atoms with Crippen molar-refractivity contribution in [3.63, 3.8) is 0 Å². The van der Waals surface area contributed by atoms with Crippen molar-refractivity contribution in [2.75, 3.05) is 18.9 Å². The highest BCUT2D eigenvalue weighted by Gasteiger charge is 2.19. The second-order valence-electron chi connectivity index (χ2n) is 6.10. The molecule has 1 aromatic heterocycles. The molecule has 1 saturated heterocycles. The predicted molar refractivity (Wildman–Crippen MR) is 89.9 cm³/mol. The third kappa shape index (κ3) is 3.45. The number of pyridine rings is 1. The second-order valence-corrected chi connectivity index (χ2v) is 6.10.